The van der Waals surface area contributed by atoms with Crippen LogP contribution in [0.5, 0.6) is 0 Å². The molecule has 0 saturated heterocycles. The molecule has 0 radical (unpaired) electrons. The molecule has 0 spiro atoms. The van der Waals surface area contributed by atoms with Crippen LogP contribution in [-0.4, -0.2) is 11.1 Å². The molecular weight excluding hydrogens is 186 g/mol. The molecule has 0 amide bonds. The lowest BCUT2D eigenvalue weighted by Gasteiger charge is -2.05. The predicted octanol–water partition coefficient (Wildman–Crippen LogP) is 2.63. The summed E-state index contributed by atoms with van der Waals surface area (Å²) in [5.74, 6) is 0.576. The number of nitrogens with one attached hydrogen (secondary N) is 1. The Morgan fingerprint density at radius 1 is 1.43 bits per heavy atom. The Hall–Kier alpha value is -0.900. The van der Waals surface area contributed by atoms with Crippen LogP contribution < -0.4 is 5.32 Å². The lowest BCUT2D eigenvalue weighted by atomic mass is 10.2. The number of nitrogens with zero attached hydrogens (tertiary/aromatic N) is 1. The first-order valence-electron chi connectivity index (χ1n) is 4.75. The summed E-state index contributed by atoms with van der Waals surface area (Å²) in [6.45, 7) is 3.33. The quantitative estimate of drug-likeness (QED) is 0.776. The Morgan fingerprint density at radius 3 is 2.64 bits per heavy atom. The number of alkyl halides is 2. The third-order valence-corrected chi connectivity index (χ3v) is 1.88. The van der Waals surface area contributed by atoms with Crippen molar-refractivity contribution in [3.8, 4) is 0 Å². The van der Waals surface area contributed by atoms with Gasteiger partial charge in [-0.25, -0.2) is 0 Å². The van der Waals surface area contributed by atoms with E-state index in [4.69, 9.17) is 0 Å². The van der Waals surface area contributed by atoms with E-state index in [0.717, 1.165) is 16.7 Å². The number of halogens is 2. The lowest BCUT2D eigenvalue weighted by Crippen LogP contribution is -2.18. The number of aromatic nitrogens is 1. The van der Waals surface area contributed by atoms with Crippen molar-refractivity contribution < 1.29 is 8.78 Å². The number of rotatable bonds is 5. The molecule has 4 heteroatoms. The second-order valence-electron chi connectivity index (χ2n) is 3.77. The van der Waals surface area contributed by atoms with Gasteiger partial charge in [-0.2, -0.15) is 8.78 Å². The van der Waals surface area contributed by atoms with Crippen LogP contribution in [0.25, 0.3) is 0 Å². The van der Waals surface area contributed by atoms with Crippen molar-refractivity contribution in [3.05, 3.63) is 24.0 Å². The maximum absolute atomic E-state index is 12.2. The van der Waals surface area contributed by atoms with E-state index in [9.17, 15) is 8.78 Å². The summed E-state index contributed by atoms with van der Waals surface area (Å²) < 4.78 is 25.3. The van der Waals surface area contributed by atoms with Crippen LogP contribution in [0.1, 0.15) is 26.0 Å². The third-order valence-electron chi connectivity index (χ3n) is 1.88. The van der Waals surface area contributed by atoms with Gasteiger partial charge in [0.25, 0.3) is 0 Å². The van der Waals surface area contributed by atoms with Gasteiger partial charge in [-0.1, -0.05) is 13.8 Å². The summed E-state index contributed by atoms with van der Waals surface area (Å²) in [5.41, 5.74) is 0.894. The molecule has 0 aliphatic heterocycles. The molecule has 0 bridgehead atoms. The van der Waals surface area contributed by atoms with Crippen LogP contribution in [0.2, 0.25) is 0 Å². The number of hydrogen-bond donors (Lipinski definition) is 1. The van der Waals surface area contributed by atoms with Gasteiger partial charge in [0.2, 0.25) is 0 Å². The van der Waals surface area contributed by atoms with Crippen molar-refractivity contribution in [2.75, 3.05) is 6.54 Å². The maximum atomic E-state index is 12.2. The molecule has 80 valence electrons. The second-order valence-corrected chi connectivity index (χ2v) is 3.77. The minimum atomic E-state index is -2.44. The first kappa shape index (κ1) is 11.2. The summed E-state index contributed by atoms with van der Waals surface area (Å²) in [6, 6.07) is 1.71. The SMILES string of the molecule is CC(C)CNCc1ccn(C(F)F)c1. The van der Waals surface area contributed by atoms with Gasteiger partial charge in [-0.15, -0.1) is 0 Å². The van der Waals surface area contributed by atoms with Crippen LogP contribution in [0.15, 0.2) is 18.5 Å². The van der Waals surface area contributed by atoms with E-state index >= 15 is 0 Å². The van der Waals surface area contributed by atoms with E-state index < -0.39 is 6.55 Å². The van der Waals surface area contributed by atoms with Crippen molar-refractivity contribution in [2.24, 2.45) is 5.92 Å². The smallest absolute Gasteiger partial charge is 0.312 e. The van der Waals surface area contributed by atoms with Gasteiger partial charge in [0.05, 0.1) is 0 Å². The van der Waals surface area contributed by atoms with Crippen LogP contribution in [0.3, 0.4) is 0 Å². The highest BCUT2D eigenvalue weighted by molar-refractivity contribution is 5.09. The zero-order valence-corrected chi connectivity index (χ0v) is 8.50. The van der Waals surface area contributed by atoms with Crippen molar-refractivity contribution in [3.63, 3.8) is 0 Å². The van der Waals surface area contributed by atoms with Gasteiger partial charge in [0, 0.05) is 18.9 Å². The molecule has 1 heterocycles. The first-order valence-corrected chi connectivity index (χ1v) is 4.75. The van der Waals surface area contributed by atoms with Gasteiger partial charge < -0.3 is 5.32 Å². The summed E-state index contributed by atoms with van der Waals surface area (Å²) in [7, 11) is 0. The van der Waals surface area contributed by atoms with E-state index in [-0.39, 0.29) is 0 Å². The third kappa shape index (κ3) is 3.46. The van der Waals surface area contributed by atoms with Crippen LogP contribution in [0.4, 0.5) is 8.78 Å². The Morgan fingerprint density at radius 2 is 2.14 bits per heavy atom. The summed E-state index contributed by atoms with van der Waals surface area (Å²) in [4.78, 5) is 0. The molecule has 1 N–H and O–H groups in total. The van der Waals surface area contributed by atoms with Crippen molar-refractivity contribution in [2.45, 2.75) is 26.9 Å². The summed E-state index contributed by atoms with van der Waals surface area (Å²) in [5, 5.41) is 3.20. The van der Waals surface area contributed by atoms with E-state index in [0.29, 0.717) is 12.5 Å². The number of hydrogen-bond acceptors (Lipinski definition) is 1. The molecule has 1 aromatic rings. The van der Waals surface area contributed by atoms with E-state index in [2.05, 4.69) is 19.2 Å². The Kier molecular flexibility index (Phi) is 4.07. The fourth-order valence-corrected chi connectivity index (χ4v) is 1.19. The average molecular weight is 202 g/mol. The lowest BCUT2D eigenvalue weighted by molar-refractivity contribution is 0.0705. The molecule has 1 rings (SSSR count). The fourth-order valence-electron chi connectivity index (χ4n) is 1.19. The van der Waals surface area contributed by atoms with Crippen molar-refractivity contribution >= 4 is 0 Å². The standard InChI is InChI=1S/C10H16F2N2/c1-8(2)5-13-6-9-3-4-14(7-9)10(11)12/h3-4,7-8,10,13H,5-6H2,1-2H3. The summed E-state index contributed by atoms with van der Waals surface area (Å²) >= 11 is 0. The van der Waals surface area contributed by atoms with E-state index in [1.165, 1.54) is 12.4 Å². The molecule has 0 saturated carbocycles. The molecule has 14 heavy (non-hydrogen) atoms. The monoisotopic (exact) mass is 202 g/mol. The largest absolute Gasteiger partial charge is 0.318 e. The van der Waals surface area contributed by atoms with Crippen LogP contribution in [0, 0.1) is 5.92 Å². The normalized spacial score (nSPS) is 11.6. The molecule has 0 aromatic carbocycles. The maximum Gasteiger partial charge on any atom is 0.318 e. The summed E-state index contributed by atoms with van der Waals surface area (Å²) in [6.07, 6.45) is 2.87. The van der Waals surface area contributed by atoms with Crippen LogP contribution in [-0.2, 0) is 6.54 Å². The first-order chi connectivity index (χ1) is 6.59. The van der Waals surface area contributed by atoms with Crippen molar-refractivity contribution in [1.29, 1.82) is 0 Å². The molecule has 0 aliphatic rings. The predicted molar refractivity (Wildman–Crippen MR) is 52.2 cm³/mol. The topological polar surface area (TPSA) is 17.0 Å². The highest BCUT2D eigenvalue weighted by Gasteiger charge is 2.04. The molecule has 1 aromatic heterocycles. The van der Waals surface area contributed by atoms with Crippen molar-refractivity contribution in [1.82, 2.24) is 9.88 Å². The molecule has 0 aliphatic carbocycles. The highest BCUT2D eigenvalue weighted by Crippen LogP contribution is 2.11. The zero-order valence-electron chi connectivity index (χ0n) is 8.50. The van der Waals surface area contributed by atoms with Gasteiger partial charge in [0.15, 0.2) is 0 Å². The van der Waals surface area contributed by atoms with Gasteiger partial charge >= 0.3 is 6.55 Å². The molecule has 0 atom stereocenters. The van der Waals surface area contributed by atoms with E-state index in [1.807, 2.05) is 0 Å². The van der Waals surface area contributed by atoms with E-state index in [1.54, 1.807) is 6.07 Å². The van der Waals surface area contributed by atoms with Gasteiger partial charge in [-0.3, -0.25) is 4.57 Å². The highest BCUT2D eigenvalue weighted by atomic mass is 19.3. The molecule has 0 unspecified atom stereocenters. The Balaban J connectivity index is 2.36. The molecule has 2 nitrogen and oxygen atoms in total. The zero-order chi connectivity index (χ0) is 10.6. The molecular formula is C10H16F2N2. The minimum Gasteiger partial charge on any atom is -0.312 e. The van der Waals surface area contributed by atoms with Crippen LogP contribution >= 0.6 is 0 Å². The Bertz CT molecular complexity index is 269. The second kappa shape index (κ2) is 5.10. The Labute approximate surface area is 82.9 Å². The van der Waals surface area contributed by atoms with Gasteiger partial charge in [0.1, 0.15) is 0 Å². The van der Waals surface area contributed by atoms with Gasteiger partial charge in [-0.05, 0) is 24.1 Å². The molecule has 0 fully saturated rings. The average Bonchev–Trinajstić information content (AvgIpc) is 2.52. The minimum absolute atomic E-state index is 0.576. The fraction of sp³-hybridized carbons (Fsp3) is 0.600.